The van der Waals surface area contributed by atoms with Crippen LogP contribution in [-0.4, -0.2) is 47.7 Å². The summed E-state index contributed by atoms with van der Waals surface area (Å²) >= 11 is 0. The second kappa shape index (κ2) is 4.64. The van der Waals surface area contributed by atoms with Gasteiger partial charge in [-0.15, -0.1) is 0 Å². The number of piperidine rings is 1. The van der Waals surface area contributed by atoms with Crippen LogP contribution < -0.4 is 0 Å². The second-order valence-electron chi connectivity index (χ2n) is 5.13. The number of amides is 1. The summed E-state index contributed by atoms with van der Waals surface area (Å²) in [7, 11) is 0. The van der Waals surface area contributed by atoms with Gasteiger partial charge in [-0.2, -0.15) is 0 Å². The molecule has 5 heteroatoms. The molecule has 1 amide bonds. The van der Waals surface area contributed by atoms with Crippen molar-refractivity contribution < 1.29 is 19.4 Å². The van der Waals surface area contributed by atoms with Gasteiger partial charge in [-0.1, -0.05) is 0 Å². The largest absolute Gasteiger partial charge is 0.480 e. The number of rotatable bonds is 1. The predicted octanol–water partition coefficient (Wildman–Crippen LogP) is 0.879. The molecule has 2 saturated heterocycles. The van der Waals surface area contributed by atoms with E-state index in [1.54, 1.807) is 0 Å². The third-order valence-corrected chi connectivity index (χ3v) is 4.13. The van der Waals surface area contributed by atoms with Gasteiger partial charge in [0.05, 0.1) is 0 Å². The van der Waals surface area contributed by atoms with E-state index in [4.69, 9.17) is 4.74 Å². The number of carbonyl (C=O) groups excluding carboxylic acids is 1. The van der Waals surface area contributed by atoms with E-state index in [1.807, 2.05) is 0 Å². The highest BCUT2D eigenvalue weighted by molar-refractivity contribution is 5.82. The molecule has 2 aliphatic rings. The summed E-state index contributed by atoms with van der Waals surface area (Å²) < 4.78 is 5.34. The number of carboxylic acid groups (broad SMARTS) is 1. The molecule has 0 aromatic rings. The maximum Gasteiger partial charge on any atom is 0.326 e. The van der Waals surface area contributed by atoms with Gasteiger partial charge in [-0.25, -0.2) is 4.79 Å². The molecule has 0 aliphatic carbocycles. The Kier molecular flexibility index (Phi) is 3.38. The van der Waals surface area contributed by atoms with Crippen molar-refractivity contribution in [2.45, 2.75) is 38.6 Å². The van der Waals surface area contributed by atoms with Crippen molar-refractivity contribution in [1.29, 1.82) is 0 Å². The minimum absolute atomic E-state index is 0.0766. The van der Waals surface area contributed by atoms with Crippen molar-refractivity contribution in [3.05, 3.63) is 0 Å². The van der Waals surface area contributed by atoms with Crippen molar-refractivity contribution in [2.24, 2.45) is 5.41 Å². The average molecular weight is 241 g/mol. The summed E-state index contributed by atoms with van der Waals surface area (Å²) in [6.45, 7) is 3.43. The smallest absolute Gasteiger partial charge is 0.326 e. The second-order valence-corrected chi connectivity index (χ2v) is 5.13. The van der Waals surface area contributed by atoms with Crippen LogP contribution in [0.3, 0.4) is 0 Å². The Labute approximate surface area is 101 Å². The number of hydrogen-bond acceptors (Lipinski definition) is 3. The topological polar surface area (TPSA) is 66.8 Å². The highest BCUT2D eigenvalue weighted by Crippen LogP contribution is 2.43. The molecule has 0 aromatic carbocycles. The lowest BCUT2D eigenvalue weighted by atomic mass is 9.70. The first kappa shape index (κ1) is 12.4. The number of hydrogen-bond donors (Lipinski definition) is 1. The van der Waals surface area contributed by atoms with Crippen molar-refractivity contribution in [3.63, 3.8) is 0 Å². The molecule has 1 N–H and O–H groups in total. The molecule has 1 unspecified atom stereocenters. The summed E-state index contributed by atoms with van der Waals surface area (Å²) in [6, 6.07) is -0.653. The third-order valence-electron chi connectivity index (χ3n) is 4.13. The van der Waals surface area contributed by atoms with Crippen LogP contribution in [0.1, 0.15) is 32.6 Å². The van der Waals surface area contributed by atoms with Crippen molar-refractivity contribution >= 4 is 11.9 Å². The monoisotopic (exact) mass is 241 g/mol. The zero-order valence-corrected chi connectivity index (χ0v) is 10.1. The lowest BCUT2D eigenvalue weighted by molar-refractivity contribution is -0.156. The number of carbonyl (C=O) groups is 2. The number of carboxylic acids is 1. The van der Waals surface area contributed by atoms with Gasteiger partial charge < -0.3 is 14.7 Å². The summed E-state index contributed by atoms with van der Waals surface area (Å²) in [6.07, 6.45) is 3.32. The van der Waals surface area contributed by atoms with Crippen LogP contribution in [0.25, 0.3) is 0 Å². The van der Waals surface area contributed by atoms with E-state index in [0.717, 1.165) is 19.3 Å². The first-order chi connectivity index (χ1) is 8.04. The summed E-state index contributed by atoms with van der Waals surface area (Å²) in [5.74, 6) is -1.02. The predicted molar refractivity (Wildman–Crippen MR) is 60.5 cm³/mol. The average Bonchev–Trinajstić information content (AvgIpc) is 2.29. The quantitative estimate of drug-likeness (QED) is 0.740. The van der Waals surface area contributed by atoms with E-state index in [1.165, 1.54) is 11.8 Å². The fourth-order valence-corrected chi connectivity index (χ4v) is 2.99. The fourth-order valence-electron chi connectivity index (χ4n) is 2.99. The van der Waals surface area contributed by atoms with E-state index in [9.17, 15) is 14.7 Å². The maximum atomic E-state index is 11.4. The summed E-state index contributed by atoms with van der Waals surface area (Å²) in [5.41, 5.74) is 0.0766. The number of nitrogens with zero attached hydrogens (tertiary/aromatic N) is 1. The first-order valence-corrected chi connectivity index (χ1v) is 6.12. The molecule has 17 heavy (non-hydrogen) atoms. The SMILES string of the molecule is CC(=O)N1CCC2(CCOCC2)CC1C(=O)O. The normalized spacial score (nSPS) is 28.1. The molecular formula is C12H19NO4. The van der Waals surface area contributed by atoms with Crippen LogP contribution in [0.5, 0.6) is 0 Å². The van der Waals surface area contributed by atoms with Crippen LogP contribution in [0.15, 0.2) is 0 Å². The molecule has 2 rings (SSSR count). The standard InChI is InChI=1S/C12H19NO4/c1-9(14)13-5-2-12(3-6-17-7-4-12)8-10(13)11(15)16/h10H,2-8H2,1H3,(H,15,16). The van der Waals surface area contributed by atoms with E-state index in [2.05, 4.69) is 0 Å². The van der Waals surface area contributed by atoms with Crippen molar-refractivity contribution in [2.75, 3.05) is 19.8 Å². The van der Waals surface area contributed by atoms with Crippen LogP contribution in [0.4, 0.5) is 0 Å². The van der Waals surface area contributed by atoms with Crippen molar-refractivity contribution in [1.82, 2.24) is 4.90 Å². The van der Waals surface area contributed by atoms with E-state index in [-0.39, 0.29) is 11.3 Å². The molecule has 0 radical (unpaired) electrons. The van der Waals surface area contributed by atoms with Crippen LogP contribution in [-0.2, 0) is 14.3 Å². The third kappa shape index (κ3) is 2.44. The van der Waals surface area contributed by atoms with Gasteiger partial charge in [-0.3, -0.25) is 4.79 Å². The lowest BCUT2D eigenvalue weighted by Gasteiger charge is -2.46. The lowest BCUT2D eigenvalue weighted by Crippen LogP contribution is -2.53. The van der Waals surface area contributed by atoms with E-state index >= 15 is 0 Å². The Bertz CT molecular complexity index is 322. The molecule has 1 spiro atoms. The minimum atomic E-state index is -0.884. The first-order valence-electron chi connectivity index (χ1n) is 6.12. The van der Waals surface area contributed by atoms with Gasteiger partial charge >= 0.3 is 5.97 Å². The van der Waals surface area contributed by atoms with Gasteiger partial charge in [0, 0.05) is 26.7 Å². The zero-order valence-electron chi connectivity index (χ0n) is 10.1. The van der Waals surface area contributed by atoms with Gasteiger partial charge in [0.2, 0.25) is 5.91 Å². The summed E-state index contributed by atoms with van der Waals surface area (Å²) in [4.78, 5) is 24.2. The molecule has 0 saturated carbocycles. The maximum absolute atomic E-state index is 11.4. The van der Waals surface area contributed by atoms with E-state index in [0.29, 0.717) is 26.2 Å². The fraction of sp³-hybridized carbons (Fsp3) is 0.833. The van der Waals surface area contributed by atoms with Gasteiger partial charge in [0.25, 0.3) is 0 Å². The van der Waals surface area contributed by atoms with Gasteiger partial charge in [0.1, 0.15) is 6.04 Å². The molecule has 2 fully saturated rings. The summed E-state index contributed by atoms with van der Waals surface area (Å²) in [5, 5.41) is 9.25. The van der Waals surface area contributed by atoms with Crippen LogP contribution in [0.2, 0.25) is 0 Å². The Morgan fingerprint density at radius 3 is 2.47 bits per heavy atom. The molecule has 5 nitrogen and oxygen atoms in total. The molecule has 1 atom stereocenters. The molecule has 0 bridgehead atoms. The Hall–Kier alpha value is -1.10. The number of ether oxygens (including phenoxy) is 1. The number of aliphatic carboxylic acids is 1. The van der Waals surface area contributed by atoms with Crippen LogP contribution in [0, 0.1) is 5.41 Å². The molecule has 96 valence electrons. The highest BCUT2D eigenvalue weighted by atomic mass is 16.5. The Morgan fingerprint density at radius 2 is 1.94 bits per heavy atom. The van der Waals surface area contributed by atoms with Crippen LogP contribution >= 0.6 is 0 Å². The Morgan fingerprint density at radius 1 is 1.29 bits per heavy atom. The van der Waals surface area contributed by atoms with Gasteiger partial charge in [0.15, 0.2) is 0 Å². The van der Waals surface area contributed by atoms with Gasteiger partial charge in [-0.05, 0) is 31.1 Å². The van der Waals surface area contributed by atoms with Crippen molar-refractivity contribution in [3.8, 4) is 0 Å². The highest BCUT2D eigenvalue weighted by Gasteiger charge is 2.44. The van der Waals surface area contributed by atoms with E-state index < -0.39 is 12.0 Å². The molecule has 2 aliphatic heterocycles. The minimum Gasteiger partial charge on any atom is -0.480 e. The Balaban J connectivity index is 2.13. The number of likely N-dealkylation sites (tertiary alicyclic amines) is 1. The molecule has 0 aromatic heterocycles. The molecule has 2 heterocycles. The zero-order chi connectivity index (χ0) is 12.5. The molecular weight excluding hydrogens is 222 g/mol.